The minimum absolute atomic E-state index is 0.00454. The van der Waals surface area contributed by atoms with Crippen molar-refractivity contribution in [2.75, 3.05) is 6.61 Å². The van der Waals surface area contributed by atoms with E-state index in [1.54, 1.807) is 0 Å². The van der Waals surface area contributed by atoms with Gasteiger partial charge in [-0.15, -0.1) is 0 Å². The van der Waals surface area contributed by atoms with E-state index in [0.717, 1.165) is 0 Å². The lowest BCUT2D eigenvalue weighted by Crippen LogP contribution is -2.14. The Morgan fingerprint density at radius 2 is 2.29 bits per heavy atom. The number of rotatable bonds is 6. The lowest BCUT2D eigenvalue weighted by Gasteiger charge is -2.13. The van der Waals surface area contributed by atoms with E-state index < -0.39 is 11.0 Å². The van der Waals surface area contributed by atoms with Crippen molar-refractivity contribution in [2.24, 2.45) is 0 Å². The lowest BCUT2D eigenvalue weighted by molar-refractivity contribution is 0.0558. The fraction of sp³-hybridized carbons (Fsp3) is 0.400. The third-order valence-electron chi connectivity index (χ3n) is 1.94. The van der Waals surface area contributed by atoms with Crippen LogP contribution in [0.1, 0.15) is 17.6 Å². The molecular formula is C10H12F2N2O2S. The van der Waals surface area contributed by atoms with Gasteiger partial charge in [0.05, 0.1) is 6.61 Å². The molecular weight excluding hydrogens is 250 g/mol. The van der Waals surface area contributed by atoms with Gasteiger partial charge in [-0.2, -0.15) is 8.78 Å². The molecule has 0 atom stereocenters. The molecule has 0 aliphatic rings. The number of halogens is 2. The largest absolute Gasteiger partial charge is 0.491 e. The van der Waals surface area contributed by atoms with Crippen LogP contribution >= 0.6 is 12.6 Å². The average Bonchev–Trinajstić information content (AvgIpc) is 2.75. The number of imidazole rings is 1. The third kappa shape index (κ3) is 4.56. The van der Waals surface area contributed by atoms with E-state index in [1.807, 2.05) is 0 Å². The number of nitrogens with zero attached hydrogens (tertiary/aromatic N) is 2. The summed E-state index contributed by atoms with van der Waals surface area (Å²) in [6, 6.07) is 0. The van der Waals surface area contributed by atoms with Crippen LogP contribution in [0.4, 0.5) is 8.78 Å². The molecule has 0 saturated heterocycles. The molecule has 0 saturated carbocycles. The van der Waals surface area contributed by atoms with Gasteiger partial charge in [0, 0.05) is 18.8 Å². The molecule has 4 nitrogen and oxygen atoms in total. The van der Waals surface area contributed by atoms with Crippen LogP contribution in [-0.4, -0.2) is 27.3 Å². The maximum Gasteiger partial charge on any atom is 0.346 e. The Hall–Kier alpha value is -1.37. The fourth-order valence-corrected chi connectivity index (χ4v) is 1.11. The zero-order valence-corrected chi connectivity index (χ0v) is 9.87. The monoisotopic (exact) mass is 262 g/mol. The van der Waals surface area contributed by atoms with Crippen molar-refractivity contribution in [1.82, 2.24) is 9.55 Å². The predicted molar refractivity (Wildman–Crippen MR) is 61.1 cm³/mol. The minimum Gasteiger partial charge on any atom is -0.491 e. The molecule has 0 unspecified atom stereocenters. The van der Waals surface area contributed by atoms with Crippen LogP contribution in [0.25, 0.3) is 0 Å². The molecule has 0 aliphatic carbocycles. The summed E-state index contributed by atoms with van der Waals surface area (Å²) >= 11 is 3.00. The molecule has 0 aliphatic heterocycles. The molecule has 0 amide bonds. The van der Waals surface area contributed by atoms with Crippen LogP contribution in [0.3, 0.4) is 0 Å². The van der Waals surface area contributed by atoms with Crippen molar-refractivity contribution in [3.8, 4) is 0 Å². The van der Waals surface area contributed by atoms with Crippen LogP contribution in [0.15, 0.2) is 31.1 Å². The highest BCUT2D eigenvalue weighted by molar-refractivity contribution is 7.81. The number of carbonyl (C=O) groups excluding carboxylic acids is 1. The third-order valence-corrected chi connectivity index (χ3v) is 2.19. The Bertz CT molecular complexity index is 388. The highest BCUT2D eigenvalue weighted by Gasteiger charge is 2.28. The molecule has 7 heteroatoms. The molecule has 17 heavy (non-hydrogen) atoms. The standard InChI is InChI=1S/C10H12F2N2O2S/c1-8(10(11,12)17)16-6-2-3-9(15)14-5-4-13-7-14/h4-5,7,17H,1-3,6H2. The van der Waals surface area contributed by atoms with E-state index in [4.69, 9.17) is 0 Å². The summed E-state index contributed by atoms with van der Waals surface area (Å²) in [5.74, 6) is -0.884. The Balaban J connectivity index is 2.21. The minimum atomic E-state index is -3.35. The summed E-state index contributed by atoms with van der Waals surface area (Å²) in [6.07, 6.45) is 4.88. The van der Waals surface area contributed by atoms with Crippen molar-refractivity contribution in [3.05, 3.63) is 31.1 Å². The Kier molecular flexibility index (Phi) is 4.68. The molecule has 1 aromatic heterocycles. The topological polar surface area (TPSA) is 44.1 Å². The van der Waals surface area contributed by atoms with Gasteiger partial charge < -0.3 is 4.74 Å². The highest BCUT2D eigenvalue weighted by atomic mass is 32.1. The average molecular weight is 262 g/mol. The first kappa shape index (κ1) is 13.7. The molecule has 94 valence electrons. The molecule has 0 aromatic carbocycles. The molecule has 0 fully saturated rings. The first-order chi connectivity index (χ1) is 7.91. The normalized spacial score (nSPS) is 11.2. The van der Waals surface area contributed by atoms with Crippen LogP contribution in [-0.2, 0) is 4.74 Å². The van der Waals surface area contributed by atoms with Gasteiger partial charge in [-0.25, -0.2) is 4.98 Å². The lowest BCUT2D eigenvalue weighted by atomic mass is 10.3. The predicted octanol–water partition coefficient (Wildman–Crippen LogP) is 2.36. The first-order valence-electron chi connectivity index (χ1n) is 4.85. The summed E-state index contributed by atoms with van der Waals surface area (Å²) < 4.78 is 31.0. The van der Waals surface area contributed by atoms with E-state index in [-0.39, 0.29) is 18.9 Å². The van der Waals surface area contributed by atoms with Gasteiger partial charge in [0.15, 0.2) is 5.76 Å². The van der Waals surface area contributed by atoms with Gasteiger partial charge in [0.2, 0.25) is 5.91 Å². The second-order valence-electron chi connectivity index (χ2n) is 3.28. The van der Waals surface area contributed by atoms with Gasteiger partial charge in [0.25, 0.3) is 0 Å². The summed E-state index contributed by atoms with van der Waals surface area (Å²) in [6.45, 7) is 3.04. The number of thiol groups is 1. The Morgan fingerprint density at radius 1 is 1.59 bits per heavy atom. The van der Waals surface area contributed by atoms with E-state index in [0.29, 0.717) is 6.42 Å². The molecule has 1 aromatic rings. The van der Waals surface area contributed by atoms with Crippen LogP contribution in [0.5, 0.6) is 0 Å². The van der Waals surface area contributed by atoms with Gasteiger partial charge >= 0.3 is 5.25 Å². The molecule has 1 heterocycles. The van der Waals surface area contributed by atoms with E-state index in [9.17, 15) is 13.6 Å². The second kappa shape index (κ2) is 5.81. The number of hydrogen-bond donors (Lipinski definition) is 1. The Morgan fingerprint density at radius 3 is 2.82 bits per heavy atom. The highest BCUT2D eigenvalue weighted by Crippen LogP contribution is 2.27. The van der Waals surface area contributed by atoms with Gasteiger partial charge in [-0.1, -0.05) is 19.2 Å². The van der Waals surface area contributed by atoms with Crippen LogP contribution < -0.4 is 0 Å². The zero-order valence-electron chi connectivity index (χ0n) is 8.97. The van der Waals surface area contributed by atoms with Crippen molar-refractivity contribution >= 4 is 18.5 Å². The number of carbonyl (C=O) groups is 1. The van der Waals surface area contributed by atoms with Crippen LogP contribution in [0.2, 0.25) is 0 Å². The summed E-state index contributed by atoms with van der Waals surface area (Å²) in [5.41, 5.74) is 0. The maximum atomic E-state index is 12.5. The van der Waals surface area contributed by atoms with Crippen molar-refractivity contribution in [3.63, 3.8) is 0 Å². The molecule has 0 N–H and O–H groups in total. The van der Waals surface area contributed by atoms with Gasteiger partial charge in [-0.3, -0.25) is 9.36 Å². The smallest absolute Gasteiger partial charge is 0.346 e. The molecule has 0 spiro atoms. The number of alkyl halides is 2. The van der Waals surface area contributed by atoms with E-state index >= 15 is 0 Å². The van der Waals surface area contributed by atoms with Gasteiger partial charge in [-0.05, 0) is 6.42 Å². The summed E-state index contributed by atoms with van der Waals surface area (Å²) in [4.78, 5) is 15.1. The summed E-state index contributed by atoms with van der Waals surface area (Å²) in [7, 11) is 0. The zero-order chi connectivity index (χ0) is 12.9. The SMILES string of the molecule is C=C(OCCCC(=O)n1ccnc1)C(F)(F)S. The Labute approximate surface area is 103 Å². The number of hydrogen-bond acceptors (Lipinski definition) is 4. The summed E-state index contributed by atoms with van der Waals surface area (Å²) in [5, 5.41) is -3.35. The van der Waals surface area contributed by atoms with Crippen molar-refractivity contribution < 1.29 is 18.3 Å². The van der Waals surface area contributed by atoms with E-state index in [1.165, 1.54) is 23.3 Å². The quantitative estimate of drug-likeness (QED) is 0.486. The van der Waals surface area contributed by atoms with Crippen molar-refractivity contribution in [2.45, 2.75) is 18.1 Å². The first-order valence-corrected chi connectivity index (χ1v) is 5.29. The van der Waals surface area contributed by atoms with Crippen molar-refractivity contribution in [1.29, 1.82) is 0 Å². The fourth-order valence-electron chi connectivity index (χ4n) is 1.04. The van der Waals surface area contributed by atoms with Crippen LogP contribution in [0, 0.1) is 0 Å². The second-order valence-corrected chi connectivity index (χ2v) is 3.84. The number of aromatic nitrogens is 2. The number of ether oxygens (including phenoxy) is 1. The molecule has 1 rings (SSSR count). The van der Waals surface area contributed by atoms with E-state index in [2.05, 4.69) is 28.9 Å². The molecule has 0 bridgehead atoms. The molecule has 0 radical (unpaired) electrons. The maximum absolute atomic E-state index is 12.5. The van der Waals surface area contributed by atoms with Gasteiger partial charge in [0.1, 0.15) is 6.33 Å².